The second-order valence-corrected chi connectivity index (χ2v) is 11.9. The van der Waals surface area contributed by atoms with Crippen molar-refractivity contribution >= 4 is 33.8 Å². The number of amides is 2. The molecule has 0 radical (unpaired) electrons. The van der Waals surface area contributed by atoms with Crippen LogP contribution in [0.3, 0.4) is 0 Å². The van der Waals surface area contributed by atoms with E-state index in [-0.39, 0.29) is 23.8 Å². The molecule has 3 aromatic rings. The Morgan fingerprint density at radius 2 is 1.27 bits per heavy atom. The predicted molar refractivity (Wildman–Crippen MR) is 161 cm³/mol. The van der Waals surface area contributed by atoms with Crippen molar-refractivity contribution in [1.82, 2.24) is 10.6 Å². The van der Waals surface area contributed by atoms with Crippen LogP contribution >= 0.6 is 15.9 Å². The maximum Gasteiger partial charge on any atom is 0.407 e. The summed E-state index contributed by atoms with van der Waals surface area (Å²) in [4.78, 5) is 25.5. The summed E-state index contributed by atoms with van der Waals surface area (Å²) in [6.07, 6.45) is 2.51. The van der Waals surface area contributed by atoms with Gasteiger partial charge in [0.25, 0.3) is 5.91 Å². The third kappa shape index (κ3) is 9.24. The molecule has 216 valence electrons. The Labute approximate surface area is 248 Å². The van der Waals surface area contributed by atoms with Gasteiger partial charge in [-0.05, 0) is 107 Å². The monoisotopic (exact) mass is 622 g/mol. The van der Waals surface area contributed by atoms with Crippen LogP contribution < -0.4 is 25.8 Å². The van der Waals surface area contributed by atoms with Gasteiger partial charge in [0.05, 0.1) is 0 Å². The molecular formula is C31H35BrN4O5. The van der Waals surface area contributed by atoms with Crippen LogP contribution in [0, 0.1) is 5.41 Å². The highest BCUT2D eigenvalue weighted by Crippen LogP contribution is 2.31. The van der Waals surface area contributed by atoms with Crippen molar-refractivity contribution in [2.75, 3.05) is 0 Å². The van der Waals surface area contributed by atoms with Crippen LogP contribution in [0.1, 0.15) is 62.4 Å². The summed E-state index contributed by atoms with van der Waals surface area (Å²) in [6, 6.07) is 19.2. The van der Waals surface area contributed by atoms with E-state index in [0.29, 0.717) is 34.1 Å². The molecule has 0 bridgehead atoms. The van der Waals surface area contributed by atoms with Crippen molar-refractivity contribution in [2.45, 2.75) is 64.1 Å². The number of hydrogen-bond acceptors (Lipinski definition) is 6. The number of nitrogen functional groups attached to an aromatic ring is 1. The molecule has 1 fully saturated rings. The summed E-state index contributed by atoms with van der Waals surface area (Å²) >= 11 is 3.42. The van der Waals surface area contributed by atoms with Crippen LogP contribution in [0.25, 0.3) is 0 Å². The van der Waals surface area contributed by atoms with Crippen molar-refractivity contribution in [3.63, 3.8) is 0 Å². The fourth-order valence-corrected chi connectivity index (χ4v) is 4.69. The SMILES string of the molecule is CC(C)(C)OC(=O)NC1CCC(NC(=O)c2cc(Oc3ccc(Br)cc3)cc(Oc3ccc(C(=N)N)cc3)c2)CC1. The van der Waals surface area contributed by atoms with Crippen molar-refractivity contribution < 1.29 is 23.8 Å². The number of amidine groups is 1. The zero-order valence-electron chi connectivity index (χ0n) is 23.3. The number of ether oxygens (including phenoxy) is 3. The molecular weight excluding hydrogens is 588 g/mol. The maximum absolute atomic E-state index is 13.3. The van der Waals surface area contributed by atoms with Gasteiger partial charge in [0.2, 0.25) is 0 Å². The number of nitrogens with two attached hydrogens (primary N) is 1. The Kier molecular flexibility index (Phi) is 9.54. The van der Waals surface area contributed by atoms with Crippen LogP contribution in [0.5, 0.6) is 23.0 Å². The van der Waals surface area contributed by atoms with Crippen LogP contribution in [0.2, 0.25) is 0 Å². The number of nitrogens with one attached hydrogen (secondary N) is 3. The normalized spacial score (nSPS) is 16.8. The summed E-state index contributed by atoms with van der Waals surface area (Å²) in [6.45, 7) is 5.50. The number of carbonyl (C=O) groups excluding carboxylic acids is 2. The van der Waals surface area contributed by atoms with Gasteiger partial charge in [-0.15, -0.1) is 0 Å². The molecule has 10 heteroatoms. The van der Waals surface area contributed by atoms with Crippen molar-refractivity contribution in [3.05, 3.63) is 82.3 Å². The van der Waals surface area contributed by atoms with E-state index in [4.69, 9.17) is 25.4 Å². The average Bonchev–Trinajstić information content (AvgIpc) is 2.90. The van der Waals surface area contributed by atoms with Gasteiger partial charge in [-0.3, -0.25) is 10.2 Å². The second kappa shape index (κ2) is 13.1. The molecule has 0 unspecified atom stereocenters. The molecule has 1 aliphatic rings. The lowest BCUT2D eigenvalue weighted by Crippen LogP contribution is -2.45. The van der Waals surface area contributed by atoms with Gasteiger partial charge < -0.3 is 30.6 Å². The molecule has 9 nitrogen and oxygen atoms in total. The first-order valence-corrected chi connectivity index (χ1v) is 14.2. The predicted octanol–water partition coefficient (Wildman–Crippen LogP) is 6.88. The molecule has 0 aromatic heterocycles. The van der Waals surface area contributed by atoms with Gasteiger partial charge in [0.1, 0.15) is 34.4 Å². The van der Waals surface area contributed by atoms with Crippen molar-refractivity contribution in [1.29, 1.82) is 5.41 Å². The van der Waals surface area contributed by atoms with Crippen molar-refractivity contribution in [2.24, 2.45) is 5.73 Å². The van der Waals surface area contributed by atoms with Gasteiger partial charge in [-0.1, -0.05) is 15.9 Å². The Morgan fingerprint density at radius 1 is 0.780 bits per heavy atom. The minimum atomic E-state index is -0.550. The van der Waals surface area contributed by atoms with E-state index in [2.05, 4.69) is 26.6 Å². The van der Waals surface area contributed by atoms with E-state index in [0.717, 1.165) is 30.2 Å². The highest BCUT2D eigenvalue weighted by atomic mass is 79.9. The molecule has 0 aliphatic heterocycles. The standard InChI is InChI=1S/C31H35BrN4O5/c1-31(2,3)41-30(38)36-23-10-8-22(9-11-23)35-29(37)20-16-26(39-24-12-4-19(5-13-24)28(33)34)18-27(17-20)40-25-14-6-21(32)7-15-25/h4-7,12-18,22-23H,8-11H2,1-3H3,(H3,33,34)(H,35,37)(H,36,38). The highest BCUT2D eigenvalue weighted by Gasteiger charge is 2.26. The first-order chi connectivity index (χ1) is 19.4. The Hall–Kier alpha value is -4.05. The van der Waals surface area contributed by atoms with E-state index in [1.54, 1.807) is 42.5 Å². The van der Waals surface area contributed by atoms with Crippen LogP contribution in [-0.2, 0) is 4.74 Å². The third-order valence-corrected chi connectivity index (χ3v) is 6.90. The Bertz CT molecular complexity index is 1380. The second-order valence-electron chi connectivity index (χ2n) is 11.0. The molecule has 5 N–H and O–H groups in total. The molecule has 0 atom stereocenters. The number of hydrogen-bond donors (Lipinski definition) is 4. The molecule has 0 saturated heterocycles. The van der Waals surface area contributed by atoms with Crippen LogP contribution in [0.15, 0.2) is 71.2 Å². The van der Waals surface area contributed by atoms with Gasteiger partial charge in [0, 0.05) is 33.7 Å². The fourth-order valence-electron chi connectivity index (χ4n) is 4.42. The van der Waals surface area contributed by atoms with E-state index >= 15 is 0 Å². The van der Waals surface area contributed by atoms with E-state index in [1.165, 1.54) is 0 Å². The van der Waals surface area contributed by atoms with Crippen LogP contribution in [0.4, 0.5) is 4.79 Å². The van der Waals surface area contributed by atoms with E-state index < -0.39 is 11.7 Å². The zero-order valence-corrected chi connectivity index (χ0v) is 24.9. The maximum atomic E-state index is 13.3. The minimum Gasteiger partial charge on any atom is -0.457 e. The van der Waals surface area contributed by atoms with Gasteiger partial charge >= 0.3 is 6.09 Å². The number of benzene rings is 3. The molecule has 1 aliphatic carbocycles. The summed E-state index contributed by atoms with van der Waals surface area (Å²) in [5.74, 6) is 1.73. The van der Waals surface area contributed by atoms with Gasteiger partial charge in [0.15, 0.2) is 0 Å². The largest absolute Gasteiger partial charge is 0.457 e. The summed E-state index contributed by atoms with van der Waals surface area (Å²) in [5.41, 5.74) is 5.98. The lowest BCUT2D eigenvalue weighted by Gasteiger charge is -2.30. The zero-order chi connectivity index (χ0) is 29.6. The molecule has 3 aromatic carbocycles. The van der Waals surface area contributed by atoms with E-state index in [9.17, 15) is 9.59 Å². The first-order valence-electron chi connectivity index (χ1n) is 13.4. The third-order valence-electron chi connectivity index (χ3n) is 6.38. The highest BCUT2D eigenvalue weighted by molar-refractivity contribution is 9.10. The van der Waals surface area contributed by atoms with Gasteiger partial charge in [-0.25, -0.2) is 4.79 Å². The average molecular weight is 624 g/mol. The summed E-state index contributed by atoms with van der Waals surface area (Å²) in [7, 11) is 0. The number of carbonyl (C=O) groups is 2. The molecule has 1 saturated carbocycles. The summed E-state index contributed by atoms with van der Waals surface area (Å²) in [5, 5.41) is 13.6. The fraction of sp³-hybridized carbons (Fsp3) is 0.323. The Balaban J connectivity index is 1.45. The lowest BCUT2D eigenvalue weighted by molar-refractivity contribution is 0.0488. The van der Waals surface area contributed by atoms with Crippen LogP contribution in [-0.4, -0.2) is 35.5 Å². The molecule has 0 spiro atoms. The number of halogens is 1. The van der Waals surface area contributed by atoms with E-state index in [1.807, 2.05) is 45.0 Å². The lowest BCUT2D eigenvalue weighted by atomic mass is 9.91. The smallest absolute Gasteiger partial charge is 0.407 e. The van der Waals surface area contributed by atoms with Crippen molar-refractivity contribution in [3.8, 4) is 23.0 Å². The molecule has 41 heavy (non-hydrogen) atoms. The molecule has 4 rings (SSSR count). The Morgan fingerprint density at radius 3 is 1.76 bits per heavy atom. The number of alkyl carbamates (subject to hydrolysis) is 1. The quantitative estimate of drug-likeness (QED) is 0.160. The number of rotatable bonds is 8. The summed E-state index contributed by atoms with van der Waals surface area (Å²) < 4.78 is 18.4. The molecule has 2 amide bonds. The molecule has 0 heterocycles. The van der Waals surface area contributed by atoms with Gasteiger partial charge in [-0.2, -0.15) is 0 Å². The topological polar surface area (TPSA) is 136 Å². The minimum absolute atomic E-state index is 0.00929. The first kappa shape index (κ1) is 29.9.